The average molecular weight is 292 g/mol. The van der Waals surface area contributed by atoms with E-state index in [0.717, 1.165) is 0 Å². The zero-order valence-corrected chi connectivity index (χ0v) is 10.8. The number of carbonyl (C=O) groups excluding carboxylic acids is 1. The molecule has 4 nitrogen and oxygen atoms in total. The molecule has 0 aromatic heterocycles. The van der Waals surface area contributed by atoms with Crippen molar-refractivity contribution in [2.24, 2.45) is 0 Å². The van der Waals surface area contributed by atoms with E-state index < -0.39 is 31.3 Å². The second-order valence-electron chi connectivity index (χ2n) is 4.00. The minimum absolute atomic E-state index is 0.0761. The summed E-state index contributed by atoms with van der Waals surface area (Å²) in [5.41, 5.74) is 0.105. The molecule has 0 amide bonds. The van der Waals surface area contributed by atoms with E-state index in [2.05, 4.69) is 0 Å². The summed E-state index contributed by atoms with van der Waals surface area (Å²) in [7, 11) is 0. The molecule has 0 saturated carbocycles. The van der Waals surface area contributed by atoms with E-state index in [4.69, 9.17) is 9.47 Å². The van der Waals surface area contributed by atoms with E-state index in [9.17, 15) is 23.1 Å². The largest absolute Gasteiger partial charge is 0.490 e. The molecular weight excluding hydrogens is 277 g/mol. The van der Waals surface area contributed by atoms with Crippen LogP contribution in [0.5, 0.6) is 5.75 Å². The van der Waals surface area contributed by atoms with Gasteiger partial charge in [0.15, 0.2) is 0 Å². The Balaban J connectivity index is 2.66. The standard InChI is InChI=1S/C13H15F3O4/c1-2-19-12(18)10-5-3-4-6-11(10)20-8-9(17)7-13(14,15)16/h3-6,9,17H,2,7-8H2,1H3. The fourth-order valence-electron chi connectivity index (χ4n) is 1.48. The second kappa shape index (κ2) is 7.14. The maximum absolute atomic E-state index is 12.1. The lowest BCUT2D eigenvalue weighted by Crippen LogP contribution is -2.25. The van der Waals surface area contributed by atoms with Crippen LogP contribution in [0, 0.1) is 0 Å². The van der Waals surface area contributed by atoms with Crippen LogP contribution in [-0.4, -0.2) is 36.6 Å². The summed E-state index contributed by atoms with van der Waals surface area (Å²) in [4.78, 5) is 11.6. The number of hydrogen-bond donors (Lipinski definition) is 1. The number of benzene rings is 1. The number of para-hydroxylation sites is 1. The van der Waals surface area contributed by atoms with Gasteiger partial charge in [0.2, 0.25) is 0 Å². The molecule has 1 aromatic carbocycles. The molecule has 1 unspecified atom stereocenters. The van der Waals surface area contributed by atoms with Crippen LogP contribution < -0.4 is 4.74 Å². The summed E-state index contributed by atoms with van der Waals surface area (Å²) >= 11 is 0. The monoisotopic (exact) mass is 292 g/mol. The predicted octanol–water partition coefficient (Wildman–Crippen LogP) is 2.56. The van der Waals surface area contributed by atoms with Gasteiger partial charge in [0.05, 0.1) is 19.1 Å². The summed E-state index contributed by atoms with van der Waals surface area (Å²) in [6.45, 7) is 1.24. The Kier molecular flexibility index (Phi) is 5.82. The molecule has 1 N–H and O–H groups in total. The number of halogens is 3. The number of alkyl halides is 3. The molecule has 1 atom stereocenters. The van der Waals surface area contributed by atoms with Crippen molar-refractivity contribution in [2.45, 2.75) is 25.6 Å². The van der Waals surface area contributed by atoms with Crippen LogP contribution in [0.15, 0.2) is 24.3 Å². The summed E-state index contributed by atoms with van der Waals surface area (Å²) in [5.74, 6) is -0.555. The van der Waals surface area contributed by atoms with Gasteiger partial charge in [0.25, 0.3) is 0 Å². The van der Waals surface area contributed by atoms with Gasteiger partial charge in [-0.2, -0.15) is 13.2 Å². The fraction of sp³-hybridized carbons (Fsp3) is 0.462. The molecule has 0 aliphatic heterocycles. The van der Waals surface area contributed by atoms with Crippen LogP contribution in [-0.2, 0) is 4.74 Å². The molecule has 0 spiro atoms. The molecule has 0 fully saturated rings. The Morgan fingerprint density at radius 1 is 1.35 bits per heavy atom. The molecule has 0 bridgehead atoms. The van der Waals surface area contributed by atoms with E-state index in [1.54, 1.807) is 19.1 Å². The fourth-order valence-corrected chi connectivity index (χ4v) is 1.48. The van der Waals surface area contributed by atoms with E-state index >= 15 is 0 Å². The summed E-state index contributed by atoms with van der Waals surface area (Å²) in [5, 5.41) is 9.22. The van der Waals surface area contributed by atoms with Gasteiger partial charge < -0.3 is 14.6 Å². The molecule has 0 aliphatic carbocycles. The zero-order chi connectivity index (χ0) is 15.2. The van der Waals surface area contributed by atoms with Crippen molar-refractivity contribution in [1.29, 1.82) is 0 Å². The van der Waals surface area contributed by atoms with Gasteiger partial charge >= 0.3 is 12.1 Å². The first-order valence-electron chi connectivity index (χ1n) is 5.97. The van der Waals surface area contributed by atoms with Crippen molar-refractivity contribution in [1.82, 2.24) is 0 Å². The van der Waals surface area contributed by atoms with Crippen LogP contribution >= 0.6 is 0 Å². The van der Waals surface area contributed by atoms with E-state index in [0.29, 0.717) is 0 Å². The van der Waals surface area contributed by atoms with Crippen molar-refractivity contribution < 1.29 is 32.5 Å². The Morgan fingerprint density at radius 3 is 2.60 bits per heavy atom. The summed E-state index contributed by atoms with van der Waals surface area (Å²) in [6.07, 6.45) is -7.52. The van der Waals surface area contributed by atoms with E-state index in [1.807, 2.05) is 0 Å². The normalized spacial score (nSPS) is 12.8. The van der Waals surface area contributed by atoms with Crippen molar-refractivity contribution in [3.8, 4) is 5.75 Å². The van der Waals surface area contributed by atoms with Gasteiger partial charge in [-0.25, -0.2) is 4.79 Å². The first kappa shape index (κ1) is 16.3. The Morgan fingerprint density at radius 2 is 2.00 bits per heavy atom. The third-order valence-corrected chi connectivity index (χ3v) is 2.28. The van der Waals surface area contributed by atoms with Gasteiger partial charge in [-0.3, -0.25) is 0 Å². The first-order chi connectivity index (χ1) is 9.33. The van der Waals surface area contributed by atoms with E-state index in [1.165, 1.54) is 12.1 Å². The number of aliphatic hydroxyl groups excluding tert-OH is 1. The SMILES string of the molecule is CCOC(=O)c1ccccc1OCC(O)CC(F)(F)F. The topological polar surface area (TPSA) is 55.8 Å². The summed E-state index contributed by atoms with van der Waals surface area (Å²) in [6, 6.07) is 6.00. The van der Waals surface area contributed by atoms with Crippen LogP contribution in [0.2, 0.25) is 0 Å². The van der Waals surface area contributed by atoms with Gasteiger partial charge in [-0.15, -0.1) is 0 Å². The smallest absolute Gasteiger partial charge is 0.391 e. The Labute approximate surface area is 114 Å². The van der Waals surface area contributed by atoms with Crippen molar-refractivity contribution in [3.05, 3.63) is 29.8 Å². The molecule has 0 saturated heterocycles. The van der Waals surface area contributed by atoms with Crippen molar-refractivity contribution >= 4 is 5.97 Å². The molecule has 7 heteroatoms. The molecule has 112 valence electrons. The molecular formula is C13H15F3O4. The summed E-state index contributed by atoms with van der Waals surface area (Å²) < 4.78 is 46.0. The zero-order valence-electron chi connectivity index (χ0n) is 10.8. The number of rotatable bonds is 6. The highest BCUT2D eigenvalue weighted by Gasteiger charge is 2.31. The van der Waals surface area contributed by atoms with Crippen LogP contribution in [0.4, 0.5) is 13.2 Å². The number of esters is 1. The lowest BCUT2D eigenvalue weighted by atomic mass is 10.2. The first-order valence-corrected chi connectivity index (χ1v) is 5.97. The number of ether oxygens (including phenoxy) is 2. The van der Waals surface area contributed by atoms with Gasteiger partial charge in [0.1, 0.15) is 17.9 Å². The van der Waals surface area contributed by atoms with Crippen LogP contribution in [0.25, 0.3) is 0 Å². The number of carbonyl (C=O) groups is 1. The quantitative estimate of drug-likeness (QED) is 0.819. The number of aliphatic hydroxyl groups is 1. The minimum Gasteiger partial charge on any atom is -0.490 e. The molecule has 1 rings (SSSR count). The minimum atomic E-state index is -4.47. The highest BCUT2D eigenvalue weighted by molar-refractivity contribution is 5.92. The van der Waals surface area contributed by atoms with Gasteiger partial charge in [-0.1, -0.05) is 12.1 Å². The van der Waals surface area contributed by atoms with E-state index in [-0.39, 0.29) is 17.9 Å². The second-order valence-corrected chi connectivity index (χ2v) is 4.00. The molecule has 0 aliphatic rings. The Hall–Kier alpha value is -1.76. The maximum Gasteiger partial charge on any atom is 0.391 e. The molecule has 0 heterocycles. The number of hydrogen-bond acceptors (Lipinski definition) is 4. The molecule has 1 aromatic rings. The van der Waals surface area contributed by atoms with Gasteiger partial charge in [0, 0.05) is 0 Å². The van der Waals surface area contributed by atoms with Crippen LogP contribution in [0.1, 0.15) is 23.7 Å². The maximum atomic E-state index is 12.1. The lowest BCUT2D eigenvalue weighted by Gasteiger charge is -2.15. The molecule has 20 heavy (non-hydrogen) atoms. The third kappa shape index (κ3) is 5.48. The van der Waals surface area contributed by atoms with Crippen LogP contribution in [0.3, 0.4) is 0 Å². The van der Waals surface area contributed by atoms with Gasteiger partial charge in [-0.05, 0) is 19.1 Å². The highest BCUT2D eigenvalue weighted by atomic mass is 19.4. The van der Waals surface area contributed by atoms with Crippen molar-refractivity contribution in [3.63, 3.8) is 0 Å². The predicted molar refractivity (Wildman–Crippen MR) is 64.6 cm³/mol. The third-order valence-electron chi connectivity index (χ3n) is 2.28. The highest BCUT2D eigenvalue weighted by Crippen LogP contribution is 2.23. The Bertz CT molecular complexity index is 445. The molecule has 0 radical (unpaired) electrons. The van der Waals surface area contributed by atoms with Crippen molar-refractivity contribution in [2.75, 3.05) is 13.2 Å². The average Bonchev–Trinajstić information content (AvgIpc) is 2.35. The lowest BCUT2D eigenvalue weighted by molar-refractivity contribution is -0.156.